The summed E-state index contributed by atoms with van der Waals surface area (Å²) in [5, 5.41) is 13.5. The molecule has 0 radical (unpaired) electrons. The molecule has 2 N–H and O–H groups in total. The lowest BCUT2D eigenvalue weighted by Gasteiger charge is -2.34. The second-order valence-corrected chi connectivity index (χ2v) is 7.76. The average Bonchev–Trinajstić information content (AvgIpc) is 2.99. The normalized spacial score (nSPS) is 28.4. The fourth-order valence-corrected chi connectivity index (χ4v) is 4.02. The highest BCUT2D eigenvalue weighted by atomic mass is 16.3. The molecule has 3 heteroatoms. The largest absolute Gasteiger partial charge is 0.393 e. The van der Waals surface area contributed by atoms with Gasteiger partial charge in [0.15, 0.2) is 0 Å². The molecule has 0 aromatic rings. The molecule has 2 rings (SSSR count). The number of aliphatic hydroxyl groups is 1. The number of nitrogens with one attached hydrogen (secondary N) is 1. The lowest BCUT2D eigenvalue weighted by molar-refractivity contribution is 0.116. The summed E-state index contributed by atoms with van der Waals surface area (Å²) in [7, 11) is 0. The monoisotopic (exact) mass is 282 g/mol. The highest BCUT2D eigenvalue weighted by molar-refractivity contribution is 4.92. The molecule has 0 spiro atoms. The number of likely N-dealkylation sites (tertiary alicyclic amines) is 1. The molecule has 1 saturated carbocycles. The third-order valence-electron chi connectivity index (χ3n) is 5.27. The van der Waals surface area contributed by atoms with E-state index in [1.165, 1.54) is 51.7 Å². The molecule has 2 atom stereocenters. The Morgan fingerprint density at radius 1 is 1.25 bits per heavy atom. The predicted molar refractivity (Wildman–Crippen MR) is 84.8 cm³/mol. The van der Waals surface area contributed by atoms with E-state index in [9.17, 15) is 5.11 Å². The second-order valence-electron chi connectivity index (χ2n) is 7.76. The molecule has 0 aromatic carbocycles. The molecular weight excluding hydrogens is 248 g/mol. The molecule has 2 aliphatic rings. The van der Waals surface area contributed by atoms with Gasteiger partial charge < -0.3 is 15.3 Å². The maximum Gasteiger partial charge on any atom is 0.0552 e. The first-order chi connectivity index (χ1) is 9.51. The number of nitrogens with zero attached hydrogens (tertiary/aromatic N) is 1. The lowest BCUT2D eigenvalue weighted by Crippen LogP contribution is -2.43. The van der Waals surface area contributed by atoms with Crippen LogP contribution in [0, 0.1) is 17.3 Å². The molecule has 2 unspecified atom stereocenters. The summed E-state index contributed by atoms with van der Waals surface area (Å²) < 4.78 is 0. The van der Waals surface area contributed by atoms with E-state index in [0.29, 0.717) is 11.3 Å². The molecule has 0 aromatic heterocycles. The number of hydrogen-bond donors (Lipinski definition) is 2. The third kappa shape index (κ3) is 4.44. The number of aliphatic hydroxyl groups excluding tert-OH is 1. The standard InChI is InChI=1S/C17H34N2O/c1-14(2)10-18-12-17(7-4-5-8-17)13-19-9-6-16(11-19)15(3)20/h14-16,18,20H,4-13H2,1-3H3. The van der Waals surface area contributed by atoms with Crippen molar-refractivity contribution in [1.82, 2.24) is 10.2 Å². The summed E-state index contributed by atoms with van der Waals surface area (Å²) in [5.74, 6) is 1.23. The lowest BCUT2D eigenvalue weighted by atomic mass is 9.85. The zero-order chi connectivity index (χ0) is 14.6. The predicted octanol–water partition coefficient (Wildman–Crippen LogP) is 2.50. The van der Waals surface area contributed by atoms with Crippen LogP contribution < -0.4 is 5.32 Å². The van der Waals surface area contributed by atoms with Gasteiger partial charge in [0, 0.05) is 19.6 Å². The number of hydrogen-bond acceptors (Lipinski definition) is 3. The first kappa shape index (κ1) is 16.3. The molecule has 1 heterocycles. The molecular formula is C17H34N2O. The van der Waals surface area contributed by atoms with Crippen molar-refractivity contribution in [1.29, 1.82) is 0 Å². The Labute approximate surface area is 125 Å². The first-order valence-electron chi connectivity index (χ1n) is 8.62. The Hall–Kier alpha value is -0.120. The van der Waals surface area contributed by atoms with E-state index in [1.807, 2.05) is 6.92 Å². The Balaban J connectivity index is 1.83. The molecule has 0 bridgehead atoms. The van der Waals surface area contributed by atoms with Gasteiger partial charge in [-0.15, -0.1) is 0 Å². The van der Waals surface area contributed by atoms with Crippen LogP contribution in [0.2, 0.25) is 0 Å². The molecule has 1 saturated heterocycles. The van der Waals surface area contributed by atoms with Gasteiger partial charge in [-0.3, -0.25) is 0 Å². The van der Waals surface area contributed by atoms with Crippen molar-refractivity contribution in [3.63, 3.8) is 0 Å². The molecule has 20 heavy (non-hydrogen) atoms. The summed E-state index contributed by atoms with van der Waals surface area (Å²) in [6.45, 7) is 12.3. The summed E-state index contributed by atoms with van der Waals surface area (Å²) in [6.07, 6.45) is 6.60. The van der Waals surface area contributed by atoms with Crippen molar-refractivity contribution in [3.05, 3.63) is 0 Å². The van der Waals surface area contributed by atoms with Gasteiger partial charge in [-0.1, -0.05) is 26.7 Å². The van der Waals surface area contributed by atoms with Crippen LogP contribution >= 0.6 is 0 Å². The van der Waals surface area contributed by atoms with Crippen LogP contribution in [-0.2, 0) is 0 Å². The minimum absolute atomic E-state index is 0.140. The van der Waals surface area contributed by atoms with Gasteiger partial charge in [0.25, 0.3) is 0 Å². The van der Waals surface area contributed by atoms with Gasteiger partial charge in [-0.05, 0) is 56.5 Å². The average molecular weight is 282 g/mol. The van der Waals surface area contributed by atoms with Gasteiger partial charge in [0.05, 0.1) is 6.10 Å². The van der Waals surface area contributed by atoms with Gasteiger partial charge in [-0.25, -0.2) is 0 Å². The van der Waals surface area contributed by atoms with Crippen molar-refractivity contribution in [2.45, 2.75) is 59.0 Å². The van der Waals surface area contributed by atoms with Crippen LogP contribution in [0.25, 0.3) is 0 Å². The maximum absolute atomic E-state index is 9.76. The van der Waals surface area contributed by atoms with Crippen LogP contribution in [0.15, 0.2) is 0 Å². The first-order valence-corrected chi connectivity index (χ1v) is 8.62. The van der Waals surface area contributed by atoms with Crippen LogP contribution in [0.5, 0.6) is 0 Å². The van der Waals surface area contributed by atoms with E-state index >= 15 is 0 Å². The highest BCUT2D eigenvalue weighted by Gasteiger charge is 2.37. The summed E-state index contributed by atoms with van der Waals surface area (Å²) in [4.78, 5) is 2.61. The molecule has 118 valence electrons. The summed E-state index contributed by atoms with van der Waals surface area (Å²) in [5.41, 5.74) is 0.502. The van der Waals surface area contributed by atoms with E-state index in [2.05, 4.69) is 24.1 Å². The maximum atomic E-state index is 9.76. The quantitative estimate of drug-likeness (QED) is 0.753. The topological polar surface area (TPSA) is 35.5 Å². The van der Waals surface area contributed by atoms with Gasteiger partial charge in [-0.2, -0.15) is 0 Å². The third-order valence-corrected chi connectivity index (χ3v) is 5.27. The van der Waals surface area contributed by atoms with Crippen molar-refractivity contribution in [2.75, 3.05) is 32.7 Å². The Morgan fingerprint density at radius 3 is 2.50 bits per heavy atom. The zero-order valence-electron chi connectivity index (χ0n) is 13.7. The highest BCUT2D eigenvalue weighted by Crippen LogP contribution is 2.39. The Bertz CT molecular complexity index is 285. The van der Waals surface area contributed by atoms with Crippen LogP contribution in [0.3, 0.4) is 0 Å². The van der Waals surface area contributed by atoms with E-state index in [1.54, 1.807) is 0 Å². The molecule has 1 aliphatic carbocycles. The molecule has 3 nitrogen and oxygen atoms in total. The fraction of sp³-hybridized carbons (Fsp3) is 1.00. The van der Waals surface area contributed by atoms with Crippen LogP contribution in [0.1, 0.15) is 52.9 Å². The van der Waals surface area contributed by atoms with Crippen LogP contribution in [-0.4, -0.2) is 48.8 Å². The van der Waals surface area contributed by atoms with Crippen molar-refractivity contribution < 1.29 is 5.11 Å². The second kappa shape index (κ2) is 7.24. The van der Waals surface area contributed by atoms with Gasteiger partial charge in [0.1, 0.15) is 0 Å². The molecule has 1 aliphatic heterocycles. The van der Waals surface area contributed by atoms with E-state index in [4.69, 9.17) is 0 Å². The Morgan fingerprint density at radius 2 is 1.95 bits per heavy atom. The minimum atomic E-state index is -0.140. The van der Waals surface area contributed by atoms with Crippen molar-refractivity contribution in [3.8, 4) is 0 Å². The van der Waals surface area contributed by atoms with E-state index in [0.717, 1.165) is 19.0 Å². The fourth-order valence-electron chi connectivity index (χ4n) is 4.02. The Kier molecular flexibility index (Phi) is 5.88. The van der Waals surface area contributed by atoms with E-state index in [-0.39, 0.29) is 6.10 Å². The summed E-state index contributed by atoms with van der Waals surface area (Å²) in [6, 6.07) is 0. The van der Waals surface area contributed by atoms with Gasteiger partial charge in [0.2, 0.25) is 0 Å². The SMILES string of the molecule is CC(C)CNCC1(CN2CCC(C(C)O)C2)CCCC1. The zero-order valence-corrected chi connectivity index (χ0v) is 13.7. The smallest absolute Gasteiger partial charge is 0.0552 e. The molecule has 2 fully saturated rings. The molecule has 0 amide bonds. The van der Waals surface area contributed by atoms with Crippen LogP contribution in [0.4, 0.5) is 0 Å². The minimum Gasteiger partial charge on any atom is -0.393 e. The van der Waals surface area contributed by atoms with Crippen molar-refractivity contribution >= 4 is 0 Å². The summed E-state index contributed by atoms with van der Waals surface area (Å²) >= 11 is 0. The van der Waals surface area contributed by atoms with Crippen molar-refractivity contribution in [2.24, 2.45) is 17.3 Å². The number of rotatable bonds is 7. The van der Waals surface area contributed by atoms with Gasteiger partial charge >= 0.3 is 0 Å². The van der Waals surface area contributed by atoms with E-state index < -0.39 is 0 Å².